The van der Waals surface area contributed by atoms with Gasteiger partial charge < -0.3 is 9.05 Å². The van der Waals surface area contributed by atoms with Crippen molar-refractivity contribution in [1.29, 1.82) is 0 Å². The molecule has 3 aromatic rings. The van der Waals surface area contributed by atoms with Crippen LogP contribution in [0.4, 0.5) is 0 Å². The summed E-state index contributed by atoms with van der Waals surface area (Å²) in [6, 6.07) is 23.1. The Morgan fingerprint density at radius 1 is 0.839 bits per heavy atom. The molecular formula is C21H22ClN2O5PS. The molecule has 0 aliphatic carbocycles. The predicted molar refractivity (Wildman–Crippen MR) is 122 cm³/mol. The van der Waals surface area contributed by atoms with E-state index in [1.54, 1.807) is 84.9 Å². The minimum Gasteiger partial charge on any atom is -0.415 e. The van der Waals surface area contributed by atoms with Gasteiger partial charge in [-0.1, -0.05) is 60.1 Å². The summed E-state index contributed by atoms with van der Waals surface area (Å²) >= 11 is 6.00. The molecule has 7 nitrogen and oxygen atoms in total. The van der Waals surface area contributed by atoms with E-state index in [-0.39, 0.29) is 11.5 Å². The van der Waals surface area contributed by atoms with Crippen molar-refractivity contribution in [3.63, 3.8) is 0 Å². The molecular weight excluding hydrogens is 459 g/mol. The third kappa shape index (κ3) is 6.09. The highest BCUT2D eigenvalue weighted by Gasteiger charge is 2.43. The van der Waals surface area contributed by atoms with Gasteiger partial charge in [0, 0.05) is 19.1 Å². The summed E-state index contributed by atoms with van der Waals surface area (Å²) in [7, 11) is -5.48. The average molecular weight is 481 g/mol. The fourth-order valence-electron chi connectivity index (χ4n) is 2.59. The van der Waals surface area contributed by atoms with Crippen LogP contribution in [0.3, 0.4) is 0 Å². The van der Waals surface area contributed by atoms with E-state index < -0.39 is 23.6 Å². The summed E-state index contributed by atoms with van der Waals surface area (Å²) in [6.07, 6.45) is 0. The van der Waals surface area contributed by atoms with Crippen molar-refractivity contribution in [2.75, 3.05) is 14.1 Å². The minimum atomic E-state index is -4.21. The molecule has 10 heteroatoms. The lowest BCUT2D eigenvalue weighted by Crippen LogP contribution is -2.39. The third-order valence-electron chi connectivity index (χ3n) is 4.19. The molecule has 0 aliphatic heterocycles. The molecule has 0 aliphatic rings. The van der Waals surface area contributed by atoms with Gasteiger partial charge in [0.1, 0.15) is 11.5 Å². The van der Waals surface area contributed by atoms with Crippen LogP contribution < -0.4 is 13.8 Å². The topological polar surface area (TPSA) is 84.9 Å². The van der Waals surface area contributed by atoms with Crippen molar-refractivity contribution in [3.8, 4) is 11.5 Å². The van der Waals surface area contributed by atoms with Gasteiger partial charge in [0.05, 0.1) is 0 Å². The maximum atomic E-state index is 14.2. The maximum Gasteiger partial charge on any atom is 0.453 e. The number of rotatable bonds is 9. The van der Waals surface area contributed by atoms with Crippen LogP contribution in [-0.2, 0) is 14.8 Å². The van der Waals surface area contributed by atoms with Crippen LogP contribution in [0.2, 0.25) is 5.02 Å². The summed E-state index contributed by atoms with van der Waals surface area (Å²) < 4.78 is 54.7. The largest absolute Gasteiger partial charge is 0.453 e. The van der Waals surface area contributed by atoms with Crippen molar-refractivity contribution in [3.05, 3.63) is 95.5 Å². The smallest absolute Gasteiger partial charge is 0.415 e. The van der Waals surface area contributed by atoms with E-state index in [1.165, 1.54) is 14.1 Å². The number of para-hydroxylation sites is 2. The SMILES string of the molecule is CN(C)S(=O)(=O)NC(c1ccc(Cl)cc1)P(=O)(Oc1ccccc1)Oc1ccccc1. The standard InChI is InChI=1S/C21H22ClN2O5PS/c1-24(2)31(26,27)23-21(17-13-15-18(22)16-14-17)30(25,28-19-9-5-3-6-10-19)29-20-11-7-4-8-12-20/h3-16,21,23H,1-2H3. The summed E-state index contributed by atoms with van der Waals surface area (Å²) in [4.78, 5) is 0. The number of nitrogens with one attached hydrogen (secondary N) is 1. The molecule has 164 valence electrons. The molecule has 0 aromatic heterocycles. The molecule has 0 saturated carbocycles. The van der Waals surface area contributed by atoms with Crippen molar-refractivity contribution in [2.24, 2.45) is 0 Å². The van der Waals surface area contributed by atoms with Crippen LogP contribution in [0.25, 0.3) is 0 Å². The molecule has 31 heavy (non-hydrogen) atoms. The Hall–Kier alpha value is -2.35. The van der Waals surface area contributed by atoms with Gasteiger partial charge in [-0.05, 0) is 42.0 Å². The molecule has 0 radical (unpaired) electrons. The molecule has 0 fully saturated rings. The van der Waals surface area contributed by atoms with E-state index in [2.05, 4.69) is 4.72 Å². The summed E-state index contributed by atoms with van der Waals surface area (Å²) in [6.45, 7) is 0. The van der Waals surface area contributed by atoms with Crippen molar-refractivity contribution in [1.82, 2.24) is 9.03 Å². The first-order valence-corrected chi connectivity index (χ1v) is 12.7. The van der Waals surface area contributed by atoms with E-state index in [4.69, 9.17) is 20.6 Å². The molecule has 1 unspecified atom stereocenters. The Balaban J connectivity index is 2.12. The Morgan fingerprint density at radius 2 is 1.29 bits per heavy atom. The van der Waals surface area contributed by atoms with E-state index >= 15 is 0 Å². The van der Waals surface area contributed by atoms with Crippen LogP contribution in [0.1, 0.15) is 11.3 Å². The number of hydrogen-bond acceptors (Lipinski definition) is 5. The Morgan fingerprint density at radius 3 is 1.71 bits per heavy atom. The Labute approximate surface area is 187 Å². The summed E-state index contributed by atoms with van der Waals surface area (Å²) in [5.41, 5.74) is 0.366. The number of benzene rings is 3. The van der Waals surface area contributed by atoms with Crippen molar-refractivity contribution in [2.45, 2.75) is 5.78 Å². The fourth-order valence-corrected chi connectivity index (χ4v) is 5.87. The molecule has 1 N–H and O–H groups in total. The monoisotopic (exact) mass is 480 g/mol. The minimum absolute atomic E-state index is 0.268. The molecule has 0 bridgehead atoms. The number of hydrogen-bond donors (Lipinski definition) is 1. The molecule has 3 aromatic carbocycles. The Bertz CT molecular complexity index is 1100. The summed E-state index contributed by atoms with van der Waals surface area (Å²) in [5, 5.41) is 0.445. The zero-order chi connectivity index (χ0) is 22.5. The summed E-state index contributed by atoms with van der Waals surface area (Å²) in [5.74, 6) is -0.813. The second kappa shape index (κ2) is 9.85. The molecule has 1 atom stereocenters. The first kappa shape index (κ1) is 23.3. The molecule has 0 heterocycles. The second-order valence-electron chi connectivity index (χ2n) is 6.71. The maximum absolute atomic E-state index is 14.2. The van der Waals surface area contributed by atoms with Gasteiger partial charge in [-0.2, -0.15) is 17.4 Å². The van der Waals surface area contributed by atoms with Crippen LogP contribution in [-0.4, -0.2) is 26.8 Å². The third-order valence-corrected chi connectivity index (χ3v) is 8.11. The molecule has 0 amide bonds. The lowest BCUT2D eigenvalue weighted by Gasteiger charge is -2.29. The molecule has 3 rings (SSSR count). The number of halogens is 1. The second-order valence-corrected chi connectivity index (χ2v) is 11.0. The highest BCUT2D eigenvalue weighted by Crippen LogP contribution is 2.59. The zero-order valence-corrected chi connectivity index (χ0v) is 19.3. The highest BCUT2D eigenvalue weighted by molar-refractivity contribution is 7.87. The van der Waals surface area contributed by atoms with Crippen LogP contribution in [0.15, 0.2) is 84.9 Å². The van der Waals surface area contributed by atoms with E-state index in [9.17, 15) is 13.0 Å². The van der Waals surface area contributed by atoms with Gasteiger partial charge in [0.2, 0.25) is 0 Å². The van der Waals surface area contributed by atoms with Gasteiger partial charge in [-0.15, -0.1) is 0 Å². The number of nitrogens with zero attached hydrogens (tertiary/aromatic N) is 1. The fraction of sp³-hybridized carbons (Fsp3) is 0.143. The van der Waals surface area contributed by atoms with E-state index in [0.717, 1.165) is 4.31 Å². The molecule has 0 saturated heterocycles. The predicted octanol–water partition coefficient (Wildman–Crippen LogP) is 5.09. The van der Waals surface area contributed by atoms with E-state index in [1.807, 2.05) is 0 Å². The average Bonchev–Trinajstić information content (AvgIpc) is 2.74. The van der Waals surface area contributed by atoms with Gasteiger partial charge in [-0.25, -0.2) is 4.57 Å². The van der Waals surface area contributed by atoms with Crippen LogP contribution >= 0.6 is 19.2 Å². The van der Waals surface area contributed by atoms with Gasteiger partial charge in [-0.3, -0.25) is 0 Å². The van der Waals surface area contributed by atoms with Gasteiger partial charge >= 0.3 is 7.60 Å². The van der Waals surface area contributed by atoms with Crippen molar-refractivity contribution >= 4 is 29.4 Å². The van der Waals surface area contributed by atoms with Gasteiger partial charge in [0.15, 0.2) is 5.78 Å². The first-order chi connectivity index (χ1) is 14.7. The zero-order valence-electron chi connectivity index (χ0n) is 16.9. The lowest BCUT2D eigenvalue weighted by molar-refractivity contribution is 0.367. The molecule has 0 spiro atoms. The first-order valence-electron chi connectivity index (χ1n) is 9.24. The lowest BCUT2D eigenvalue weighted by atomic mass is 10.2. The Kier molecular flexibility index (Phi) is 7.41. The van der Waals surface area contributed by atoms with Crippen LogP contribution in [0, 0.1) is 0 Å². The van der Waals surface area contributed by atoms with E-state index in [0.29, 0.717) is 10.6 Å². The normalized spacial score (nSPS) is 13.0. The van der Waals surface area contributed by atoms with Crippen LogP contribution in [0.5, 0.6) is 11.5 Å². The highest BCUT2D eigenvalue weighted by atomic mass is 35.5. The van der Waals surface area contributed by atoms with Gasteiger partial charge in [0.25, 0.3) is 10.2 Å². The van der Waals surface area contributed by atoms with Crippen molar-refractivity contribution < 1.29 is 22.0 Å². The quantitative estimate of drug-likeness (QED) is 0.431.